The number of rotatable bonds is 7. The lowest BCUT2D eigenvalue weighted by atomic mass is 10.2. The quantitative estimate of drug-likeness (QED) is 0.767. The topological polar surface area (TPSA) is 15.3 Å². The van der Waals surface area contributed by atoms with Crippen molar-refractivity contribution in [2.45, 2.75) is 20.4 Å². The zero-order valence-corrected chi connectivity index (χ0v) is 12.1. The Labute approximate surface area is 114 Å². The van der Waals surface area contributed by atoms with Gasteiger partial charge in [-0.3, -0.25) is 0 Å². The molecule has 1 rings (SSSR count). The standard InChI is InChI=1S/C14H22ClFN2/c1-11(2)9-17-7-8-18(3)10-12-5-4-6-13(15)14(12)16/h4-6,11,17H,7-10H2,1-3H3. The van der Waals surface area contributed by atoms with Gasteiger partial charge in [-0.2, -0.15) is 0 Å². The van der Waals surface area contributed by atoms with Crippen molar-refractivity contribution < 1.29 is 4.39 Å². The first-order valence-electron chi connectivity index (χ1n) is 6.33. The fraction of sp³-hybridized carbons (Fsp3) is 0.571. The predicted octanol–water partition coefficient (Wildman–Crippen LogP) is 3.16. The molecule has 0 atom stereocenters. The van der Waals surface area contributed by atoms with E-state index in [2.05, 4.69) is 24.1 Å². The van der Waals surface area contributed by atoms with Crippen molar-refractivity contribution in [2.75, 3.05) is 26.7 Å². The molecule has 0 saturated heterocycles. The summed E-state index contributed by atoms with van der Waals surface area (Å²) in [5, 5.41) is 3.56. The van der Waals surface area contributed by atoms with E-state index in [9.17, 15) is 4.39 Å². The molecule has 18 heavy (non-hydrogen) atoms. The maximum Gasteiger partial charge on any atom is 0.146 e. The Morgan fingerprint density at radius 2 is 2.11 bits per heavy atom. The first kappa shape index (κ1) is 15.4. The van der Waals surface area contributed by atoms with Crippen molar-refractivity contribution in [3.63, 3.8) is 0 Å². The lowest BCUT2D eigenvalue weighted by Gasteiger charge is -2.18. The van der Waals surface area contributed by atoms with E-state index in [0.717, 1.165) is 19.6 Å². The van der Waals surface area contributed by atoms with Crippen molar-refractivity contribution in [3.8, 4) is 0 Å². The van der Waals surface area contributed by atoms with Crippen molar-refractivity contribution >= 4 is 11.6 Å². The molecule has 0 aliphatic heterocycles. The Balaban J connectivity index is 2.35. The highest BCUT2D eigenvalue weighted by atomic mass is 35.5. The fourth-order valence-corrected chi connectivity index (χ4v) is 1.90. The second-order valence-corrected chi connectivity index (χ2v) is 5.46. The van der Waals surface area contributed by atoms with E-state index >= 15 is 0 Å². The van der Waals surface area contributed by atoms with Gasteiger partial charge in [-0.05, 0) is 25.6 Å². The molecule has 0 aliphatic rings. The highest BCUT2D eigenvalue weighted by Crippen LogP contribution is 2.18. The average Bonchev–Trinajstić information content (AvgIpc) is 2.30. The van der Waals surface area contributed by atoms with Gasteiger partial charge in [-0.15, -0.1) is 0 Å². The van der Waals surface area contributed by atoms with Gasteiger partial charge in [0.15, 0.2) is 0 Å². The molecule has 0 saturated carbocycles. The zero-order valence-electron chi connectivity index (χ0n) is 11.3. The first-order valence-corrected chi connectivity index (χ1v) is 6.70. The number of nitrogens with one attached hydrogen (secondary N) is 1. The fourth-order valence-electron chi connectivity index (χ4n) is 1.70. The molecule has 0 aromatic heterocycles. The van der Waals surface area contributed by atoms with Crippen LogP contribution in [0.3, 0.4) is 0 Å². The third kappa shape index (κ3) is 5.34. The van der Waals surface area contributed by atoms with Gasteiger partial charge in [-0.1, -0.05) is 37.6 Å². The van der Waals surface area contributed by atoms with Crippen molar-refractivity contribution in [2.24, 2.45) is 5.92 Å². The summed E-state index contributed by atoms with van der Waals surface area (Å²) in [6, 6.07) is 5.13. The average molecular weight is 273 g/mol. The van der Waals surface area contributed by atoms with Crippen LogP contribution in [-0.2, 0) is 6.54 Å². The molecule has 1 aromatic rings. The van der Waals surface area contributed by atoms with E-state index in [0.29, 0.717) is 18.0 Å². The van der Waals surface area contributed by atoms with E-state index in [4.69, 9.17) is 11.6 Å². The number of benzene rings is 1. The molecule has 1 N–H and O–H groups in total. The summed E-state index contributed by atoms with van der Waals surface area (Å²) >= 11 is 5.75. The summed E-state index contributed by atoms with van der Waals surface area (Å²) in [6.45, 7) is 7.75. The van der Waals surface area contributed by atoms with Crippen LogP contribution in [0.1, 0.15) is 19.4 Å². The van der Waals surface area contributed by atoms with Crippen LogP contribution in [0.5, 0.6) is 0 Å². The minimum Gasteiger partial charge on any atom is -0.315 e. The maximum atomic E-state index is 13.7. The lowest BCUT2D eigenvalue weighted by molar-refractivity contribution is 0.316. The van der Waals surface area contributed by atoms with Gasteiger partial charge in [-0.25, -0.2) is 4.39 Å². The van der Waals surface area contributed by atoms with Crippen molar-refractivity contribution in [1.29, 1.82) is 0 Å². The van der Waals surface area contributed by atoms with Gasteiger partial charge in [0.1, 0.15) is 5.82 Å². The third-order valence-electron chi connectivity index (χ3n) is 2.69. The minimum atomic E-state index is -0.304. The molecular formula is C14H22ClFN2. The molecule has 0 radical (unpaired) electrons. The van der Waals surface area contributed by atoms with E-state index in [1.54, 1.807) is 18.2 Å². The van der Waals surface area contributed by atoms with Crippen LogP contribution in [0.4, 0.5) is 4.39 Å². The number of nitrogens with zero attached hydrogens (tertiary/aromatic N) is 1. The van der Waals surface area contributed by atoms with Crippen LogP contribution in [-0.4, -0.2) is 31.6 Å². The maximum absolute atomic E-state index is 13.7. The Morgan fingerprint density at radius 3 is 2.78 bits per heavy atom. The summed E-state index contributed by atoms with van der Waals surface area (Å²) in [4.78, 5) is 2.09. The normalized spacial score (nSPS) is 11.5. The molecule has 0 heterocycles. The molecule has 0 amide bonds. The third-order valence-corrected chi connectivity index (χ3v) is 2.99. The van der Waals surface area contributed by atoms with Crippen LogP contribution in [0, 0.1) is 11.7 Å². The van der Waals surface area contributed by atoms with Crippen LogP contribution in [0.15, 0.2) is 18.2 Å². The van der Waals surface area contributed by atoms with Gasteiger partial charge < -0.3 is 10.2 Å². The summed E-state index contributed by atoms with van der Waals surface area (Å²) in [5.41, 5.74) is 0.647. The first-order chi connectivity index (χ1) is 8.50. The SMILES string of the molecule is CC(C)CNCCN(C)Cc1cccc(Cl)c1F. The van der Waals surface area contributed by atoms with E-state index < -0.39 is 0 Å². The molecule has 2 nitrogen and oxygen atoms in total. The summed E-state index contributed by atoms with van der Waals surface area (Å²) in [6.07, 6.45) is 0. The van der Waals surface area contributed by atoms with Gasteiger partial charge >= 0.3 is 0 Å². The predicted molar refractivity (Wildman–Crippen MR) is 75.5 cm³/mol. The molecule has 4 heteroatoms. The Hall–Kier alpha value is -0.640. The number of hydrogen-bond donors (Lipinski definition) is 1. The number of hydrogen-bond acceptors (Lipinski definition) is 2. The molecule has 0 spiro atoms. The molecule has 102 valence electrons. The molecule has 1 aromatic carbocycles. The second-order valence-electron chi connectivity index (χ2n) is 5.05. The van der Waals surface area contributed by atoms with Crippen molar-refractivity contribution in [1.82, 2.24) is 10.2 Å². The smallest absolute Gasteiger partial charge is 0.146 e. The Morgan fingerprint density at radius 1 is 1.39 bits per heavy atom. The van der Waals surface area contributed by atoms with Crippen LogP contribution in [0.25, 0.3) is 0 Å². The van der Waals surface area contributed by atoms with Gasteiger partial charge in [0.05, 0.1) is 5.02 Å². The summed E-state index contributed by atoms with van der Waals surface area (Å²) in [7, 11) is 1.98. The number of halogens is 2. The van der Waals surface area contributed by atoms with Gasteiger partial charge in [0.2, 0.25) is 0 Å². The van der Waals surface area contributed by atoms with Gasteiger partial charge in [0, 0.05) is 25.2 Å². The van der Waals surface area contributed by atoms with E-state index in [1.807, 2.05) is 7.05 Å². The zero-order chi connectivity index (χ0) is 13.5. The Kier molecular flexibility index (Phi) is 6.61. The van der Waals surface area contributed by atoms with E-state index in [1.165, 1.54) is 0 Å². The molecule has 0 fully saturated rings. The van der Waals surface area contributed by atoms with Crippen LogP contribution in [0.2, 0.25) is 5.02 Å². The van der Waals surface area contributed by atoms with Crippen LogP contribution < -0.4 is 5.32 Å². The highest BCUT2D eigenvalue weighted by molar-refractivity contribution is 6.30. The molecular weight excluding hydrogens is 251 g/mol. The number of likely N-dealkylation sites (N-methyl/N-ethyl adjacent to an activating group) is 1. The minimum absolute atomic E-state index is 0.193. The monoisotopic (exact) mass is 272 g/mol. The lowest BCUT2D eigenvalue weighted by Crippen LogP contribution is -2.31. The molecule has 0 aliphatic carbocycles. The molecule has 0 bridgehead atoms. The van der Waals surface area contributed by atoms with Crippen LogP contribution >= 0.6 is 11.6 Å². The largest absolute Gasteiger partial charge is 0.315 e. The van der Waals surface area contributed by atoms with Gasteiger partial charge in [0.25, 0.3) is 0 Å². The van der Waals surface area contributed by atoms with Crippen molar-refractivity contribution in [3.05, 3.63) is 34.6 Å². The second kappa shape index (κ2) is 7.72. The summed E-state index contributed by atoms with van der Waals surface area (Å²) < 4.78 is 13.7. The van der Waals surface area contributed by atoms with E-state index in [-0.39, 0.29) is 10.8 Å². The molecule has 0 unspecified atom stereocenters. The highest BCUT2D eigenvalue weighted by Gasteiger charge is 2.08. The Bertz CT molecular complexity index is 369. The summed E-state index contributed by atoms with van der Waals surface area (Å²) in [5.74, 6) is 0.349.